The van der Waals surface area contributed by atoms with Crippen molar-refractivity contribution in [2.45, 2.75) is 45.4 Å². The summed E-state index contributed by atoms with van der Waals surface area (Å²) in [5, 5.41) is 20.0. The Bertz CT molecular complexity index is 2270. The largest absolute Gasteiger partial charge is 0.506 e. The molecule has 3 aromatic carbocycles. The molecule has 258 valence electrons. The molecular formula is C32H28FN7O9S. The number of carbonyl (C=O) groups is 5. The fourth-order valence-electron chi connectivity index (χ4n) is 6.20. The van der Waals surface area contributed by atoms with Crippen LogP contribution in [0.3, 0.4) is 0 Å². The van der Waals surface area contributed by atoms with Crippen LogP contribution in [0, 0.1) is 5.82 Å². The molecule has 1 unspecified atom stereocenters. The Kier molecular flexibility index (Phi) is 7.89. The Hall–Kier alpha value is -6.04. The van der Waals surface area contributed by atoms with Gasteiger partial charge >= 0.3 is 10.2 Å². The summed E-state index contributed by atoms with van der Waals surface area (Å²) in [5.74, 6) is -3.97. The number of nitrogens with one attached hydrogen (secondary N) is 3. The van der Waals surface area contributed by atoms with Crippen LogP contribution in [0.15, 0.2) is 48.8 Å². The molecule has 5 amide bonds. The minimum atomic E-state index is -4.45. The Morgan fingerprint density at radius 1 is 1.14 bits per heavy atom. The van der Waals surface area contributed by atoms with Crippen molar-refractivity contribution in [2.75, 3.05) is 16.2 Å². The number of ether oxygens (including phenoxy) is 1. The second kappa shape index (κ2) is 12.1. The molecule has 18 heteroatoms. The van der Waals surface area contributed by atoms with Crippen molar-refractivity contribution < 1.29 is 46.6 Å². The molecule has 50 heavy (non-hydrogen) atoms. The van der Waals surface area contributed by atoms with Gasteiger partial charge in [-0.25, -0.2) is 18.1 Å². The number of piperidine rings is 1. The molecule has 0 bridgehead atoms. The lowest BCUT2D eigenvalue weighted by Gasteiger charge is -2.29. The van der Waals surface area contributed by atoms with Crippen LogP contribution in [-0.2, 0) is 42.5 Å². The van der Waals surface area contributed by atoms with E-state index in [1.807, 2.05) is 0 Å². The first-order chi connectivity index (χ1) is 23.8. The van der Waals surface area contributed by atoms with E-state index in [2.05, 4.69) is 15.7 Å². The third-order valence-corrected chi connectivity index (χ3v) is 10.0. The van der Waals surface area contributed by atoms with Crippen molar-refractivity contribution in [2.24, 2.45) is 0 Å². The molecule has 0 spiro atoms. The first-order valence-corrected chi connectivity index (χ1v) is 16.8. The molecule has 3 aliphatic heterocycles. The van der Waals surface area contributed by atoms with Crippen LogP contribution in [0.5, 0.6) is 11.5 Å². The number of imide groups is 1. The van der Waals surface area contributed by atoms with Gasteiger partial charge in [-0.3, -0.25) is 29.3 Å². The molecule has 0 saturated carbocycles. The van der Waals surface area contributed by atoms with Gasteiger partial charge in [0.1, 0.15) is 36.4 Å². The summed E-state index contributed by atoms with van der Waals surface area (Å²) >= 11 is 0. The molecule has 4 aromatic rings. The van der Waals surface area contributed by atoms with Crippen molar-refractivity contribution >= 4 is 61.9 Å². The number of hydrogen-bond donors (Lipinski definition) is 4. The predicted molar refractivity (Wildman–Crippen MR) is 173 cm³/mol. The van der Waals surface area contributed by atoms with Gasteiger partial charge in [0.15, 0.2) is 5.82 Å². The van der Waals surface area contributed by atoms with Gasteiger partial charge in [0.05, 0.1) is 24.1 Å². The number of aromatic nitrogens is 2. The minimum Gasteiger partial charge on any atom is -0.506 e. The lowest BCUT2D eigenvalue weighted by molar-refractivity contribution is -0.137. The quantitative estimate of drug-likeness (QED) is 0.195. The predicted octanol–water partition coefficient (Wildman–Crippen LogP) is 1.74. The standard InChI is InChI=1S/C32H28FN7O9S/c1-2-26(42)35-21-8-17-9-24(41)30(40-14-28(44)37-50(40,47)48)29(33)19(17)10-23(21)39-12-16(11-34-39)15-49-25-5-3-4-18-20(25)13-38(32(18)46)22-6-7-27(43)36-31(22)45/h3-5,8-12,22,41H,2,6-7,13-15H2,1H3,(H,35,42)(H,37,44)(H,36,43,45). The number of phenolic OH excluding ortho intramolecular Hbond substituents is 1. The van der Waals surface area contributed by atoms with Gasteiger partial charge in [0.2, 0.25) is 17.7 Å². The number of aromatic hydroxyl groups is 1. The van der Waals surface area contributed by atoms with E-state index in [9.17, 15) is 37.5 Å². The summed E-state index contributed by atoms with van der Waals surface area (Å²) in [5.41, 5.74) is 1.20. The van der Waals surface area contributed by atoms with E-state index in [1.54, 1.807) is 36.0 Å². The third-order valence-electron chi connectivity index (χ3n) is 8.63. The Balaban J connectivity index is 1.18. The topological polar surface area (TPSA) is 209 Å². The number of nitrogens with zero attached hydrogens (tertiary/aromatic N) is 4. The van der Waals surface area contributed by atoms with E-state index >= 15 is 4.39 Å². The highest BCUT2D eigenvalue weighted by Gasteiger charge is 2.40. The molecule has 1 aromatic heterocycles. The van der Waals surface area contributed by atoms with E-state index in [1.165, 1.54) is 27.9 Å². The maximum absolute atomic E-state index is 16.0. The molecular weight excluding hydrogens is 677 g/mol. The Labute approximate surface area is 283 Å². The zero-order valence-electron chi connectivity index (χ0n) is 26.2. The first kappa shape index (κ1) is 32.5. The number of fused-ring (bicyclic) bond motifs is 2. The highest BCUT2D eigenvalue weighted by atomic mass is 32.2. The summed E-state index contributed by atoms with van der Waals surface area (Å²) in [6.45, 7) is 1.00. The monoisotopic (exact) mass is 705 g/mol. The number of benzene rings is 3. The number of rotatable bonds is 8. The fourth-order valence-corrected chi connectivity index (χ4v) is 7.37. The molecule has 4 N–H and O–H groups in total. The van der Waals surface area contributed by atoms with E-state index < -0.39 is 51.9 Å². The van der Waals surface area contributed by atoms with Crippen molar-refractivity contribution in [1.29, 1.82) is 0 Å². The molecule has 2 fully saturated rings. The van der Waals surface area contributed by atoms with E-state index in [-0.39, 0.29) is 72.3 Å². The van der Waals surface area contributed by atoms with Crippen LogP contribution in [-0.4, -0.2) is 70.3 Å². The Morgan fingerprint density at radius 2 is 1.94 bits per heavy atom. The van der Waals surface area contributed by atoms with Gasteiger partial charge in [-0.05, 0) is 42.1 Å². The van der Waals surface area contributed by atoms with Gasteiger partial charge in [0.25, 0.3) is 11.8 Å². The normalized spacial score (nSPS) is 18.3. The van der Waals surface area contributed by atoms with Crippen molar-refractivity contribution in [3.63, 3.8) is 0 Å². The summed E-state index contributed by atoms with van der Waals surface area (Å²) < 4.78 is 50.6. The molecule has 4 heterocycles. The van der Waals surface area contributed by atoms with Crippen molar-refractivity contribution in [3.05, 3.63) is 71.3 Å². The zero-order valence-corrected chi connectivity index (χ0v) is 27.0. The number of phenols is 1. The lowest BCUT2D eigenvalue weighted by Crippen LogP contribution is -2.52. The van der Waals surface area contributed by atoms with E-state index in [0.29, 0.717) is 26.7 Å². The minimum absolute atomic E-state index is 0.0203. The number of halogens is 1. The highest BCUT2D eigenvalue weighted by Crippen LogP contribution is 2.41. The lowest BCUT2D eigenvalue weighted by atomic mass is 10.0. The average Bonchev–Trinajstić information content (AvgIpc) is 3.74. The SMILES string of the molecule is CCC(=O)Nc1cc2cc(O)c(N3CC(=O)NS3(=O)=O)c(F)c2cc1-n1cc(COc2cccc3c2CN(C2CCC(=O)NC2=O)C3=O)cn1. The van der Waals surface area contributed by atoms with Crippen molar-refractivity contribution in [1.82, 2.24) is 24.7 Å². The van der Waals surface area contributed by atoms with Crippen LogP contribution < -0.4 is 24.4 Å². The van der Waals surface area contributed by atoms with Crippen molar-refractivity contribution in [3.8, 4) is 17.2 Å². The number of carbonyl (C=O) groups excluding carboxylic acids is 5. The van der Waals surface area contributed by atoms with Crippen LogP contribution >= 0.6 is 0 Å². The second-order valence-corrected chi connectivity index (χ2v) is 13.4. The summed E-state index contributed by atoms with van der Waals surface area (Å²) in [4.78, 5) is 62.9. The average molecular weight is 706 g/mol. The molecule has 3 aliphatic rings. The number of hydrogen-bond acceptors (Lipinski definition) is 10. The summed E-state index contributed by atoms with van der Waals surface area (Å²) in [6, 6.07) is 8.05. The smallest absolute Gasteiger partial charge is 0.326 e. The third kappa shape index (κ3) is 5.62. The fraction of sp³-hybridized carbons (Fsp3) is 0.250. The second-order valence-electron chi connectivity index (χ2n) is 11.9. The maximum Gasteiger partial charge on any atom is 0.326 e. The van der Waals surface area contributed by atoms with E-state index in [4.69, 9.17) is 4.74 Å². The van der Waals surface area contributed by atoms with Crippen LogP contribution in [0.2, 0.25) is 0 Å². The summed E-state index contributed by atoms with van der Waals surface area (Å²) in [6.07, 6.45) is 3.51. The first-order valence-electron chi connectivity index (χ1n) is 15.4. The zero-order chi connectivity index (χ0) is 35.5. The van der Waals surface area contributed by atoms with E-state index in [0.717, 1.165) is 6.07 Å². The number of amides is 5. The maximum atomic E-state index is 16.0. The molecule has 1 atom stereocenters. The molecule has 0 aliphatic carbocycles. The number of anilines is 2. The molecule has 0 radical (unpaired) electrons. The Morgan fingerprint density at radius 3 is 2.66 bits per heavy atom. The van der Waals surface area contributed by atoms with Gasteiger partial charge in [-0.1, -0.05) is 13.0 Å². The highest BCUT2D eigenvalue weighted by molar-refractivity contribution is 7.92. The van der Waals surface area contributed by atoms with Gasteiger partial charge < -0.3 is 20.1 Å². The van der Waals surface area contributed by atoms with Crippen LogP contribution in [0.4, 0.5) is 15.8 Å². The van der Waals surface area contributed by atoms with Crippen LogP contribution in [0.25, 0.3) is 16.5 Å². The molecule has 16 nitrogen and oxygen atoms in total. The van der Waals surface area contributed by atoms with Gasteiger partial charge in [-0.15, -0.1) is 0 Å². The van der Waals surface area contributed by atoms with Crippen LogP contribution in [0.1, 0.15) is 47.7 Å². The molecule has 7 rings (SSSR count). The van der Waals surface area contributed by atoms with Gasteiger partial charge in [0, 0.05) is 41.1 Å². The summed E-state index contributed by atoms with van der Waals surface area (Å²) in [7, 11) is -4.45. The molecule has 2 saturated heterocycles. The van der Waals surface area contributed by atoms with Gasteiger partial charge in [-0.2, -0.15) is 13.5 Å².